The van der Waals surface area contributed by atoms with E-state index >= 15 is 0 Å². The summed E-state index contributed by atoms with van der Waals surface area (Å²) in [5, 5.41) is 11.7. The molecule has 0 aliphatic carbocycles. The minimum atomic E-state index is -2.64. The maximum atomic E-state index is 12.8. The molecule has 6 nitrogen and oxygen atoms in total. The van der Waals surface area contributed by atoms with Crippen molar-refractivity contribution in [3.63, 3.8) is 0 Å². The van der Waals surface area contributed by atoms with Gasteiger partial charge in [-0.15, -0.1) is 0 Å². The molecular formula is C18H15F2N3O3. The van der Waals surface area contributed by atoms with Gasteiger partial charge in [-0.3, -0.25) is 14.5 Å². The van der Waals surface area contributed by atoms with E-state index in [1.807, 2.05) is 0 Å². The number of halogens is 2. The monoisotopic (exact) mass is 359 g/mol. The molecule has 1 aliphatic heterocycles. The van der Waals surface area contributed by atoms with Crippen LogP contribution in [0, 0.1) is 0 Å². The molecule has 1 aromatic heterocycles. The normalized spacial score (nSPS) is 14.2. The van der Waals surface area contributed by atoms with Gasteiger partial charge in [-0.25, -0.2) is 13.8 Å². The number of β-amino-alcohol motifs (C(OH)–C–C–N with tert-alkyl or cyclic N) is 1. The van der Waals surface area contributed by atoms with Crippen LogP contribution >= 0.6 is 0 Å². The second-order valence-corrected chi connectivity index (χ2v) is 5.53. The van der Waals surface area contributed by atoms with Gasteiger partial charge in [-0.1, -0.05) is 18.2 Å². The number of imide groups is 1. The van der Waals surface area contributed by atoms with E-state index in [0.29, 0.717) is 16.9 Å². The zero-order chi connectivity index (χ0) is 18.7. The van der Waals surface area contributed by atoms with E-state index in [9.17, 15) is 18.4 Å². The number of aliphatic hydroxyl groups is 1. The van der Waals surface area contributed by atoms with Gasteiger partial charge >= 0.3 is 0 Å². The van der Waals surface area contributed by atoms with E-state index in [4.69, 9.17) is 5.11 Å². The van der Waals surface area contributed by atoms with E-state index in [1.165, 1.54) is 18.2 Å². The van der Waals surface area contributed by atoms with Crippen LogP contribution in [0.5, 0.6) is 0 Å². The van der Waals surface area contributed by atoms with E-state index in [-0.39, 0.29) is 24.5 Å². The average molecular weight is 359 g/mol. The maximum Gasteiger partial charge on any atom is 0.280 e. The van der Waals surface area contributed by atoms with Crippen LogP contribution in [0.2, 0.25) is 0 Å². The fourth-order valence-electron chi connectivity index (χ4n) is 2.52. The quantitative estimate of drug-likeness (QED) is 0.774. The highest BCUT2D eigenvalue weighted by atomic mass is 19.3. The fourth-order valence-corrected chi connectivity index (χ4v) is 2.52. The first kappa shape index (κ1) is 17.7. The largest absolute Gasteiger partial charge is 0.395 e. The molecule has 0 saturated carbocycles. The standard InChI is InChI=1S/C18H15F2N3O3/c19-17(20)14-3-1-2-13(22-14)11-4-6-12(7-5-11)21-15-10-16(25)23(8-9-24)18(15)26/h1-7,10,17,21,24H,8-9H2. The summed E-state index contributed by atoms with van der Waals surface area (Å²) in [6, 6.07) is 11.1. The van der Waals surface area contributed by atoms with Gasteiger partial charge in [0.25, 0.3) is 18.2 Å². The molecule has 0 radical (unpaired) electrons. The lowest BCUT2D eigenvalue weighted by Gasteiger charge is -2.13. The molecule has 3 rings (SSSR count). The topological polar surface area (TPSA) is 82.5 Å². The van der Waals surface area contributed by atoms with Crippen LogP contribution in [0.15, 0.2) is 54.2 Å². The number of pyridine rings is 1. The summed E-state index contributed by atoms with van der Waals surface area (Å²) < 4.78 is 25.5. The number of benzene rings is 1. The Morgan fingerprint density at radius 2 is 1.85 bits per heavy atom. The van der Waals surface area contributed by atoms with Crippen molar-refractivity contribution >= 4 is 17.5 Å². The minimum absolute atomic E-state index is 0.0650. The van der Waals surface area contributed by atoms with E-state index in [1.54, 1.807) is 30.3 Å². The lowest BCUT2D eigenvalue weighted by Crippen LogP contribution is -2.34. The Hall–Kier alpha value is -3.13. The van der Waals surface area contributed by atoms with Crippen molar-refractivity contribution in [1.29, 1.82) is 0 Å². The van der Waals surface area contributed by atoms with Crippen LogP contribution in [0.4, 0.5) is 14.5 Å². The summed E-state index contributed by atoms with van der Waals surface area (Å²) in [6.45, 7) is -0.373. The summed E-state index contributed by atoms with van der Waals surface area (Å²) in [5.74, 6) is -1.00. The van der Waals surface area contributed by atoms with Crippen molar-refractivity contribution in [3.05, 3.63) is 59.9 Å². The fraction of sp³-hybridized carbons (Fsp3) is 0.167. The third kappa shape index (κ3) is 3.60. The molecule has 0 unspecified atom stereocenters. The minimum Gasteiger partial charge on any atom is -0.395 e. The van der Waals surface area contributed by atoms with Crippen LogP contribution in [0.3, 0.4) is 0 Å². The van der Waals surface area contributed by atoms with Gasteiger partial charge in [0.2, 0.25) is 0 Å². The van der Waals surface area contributed by atoms with Gasteiger partial charge in [0.1, 0.15) is 11.4 Å². The zero-order valence-corrected chi connectivity index (χ0v) is 13.5. The van der Waals surface area contributed by atoms with Crippen molar-refractivity contribution < 1.29 is 23.5 Å². The Labute approximate surface area is 147 Å². The molecule has 0 atom stereocenters. The molecule has 2 amide bonds. The highest BCUT2D eigenvalue weighted by Crippen LogP contribution is 2.24. The van der Waals surface area contributed by atoms with Crippen molar-refractivity contribution in [1.82, 2.24) is 9.88 Å². The molecule has 0 fully saturated rings. The predicted octanol–water partition coefficient (Wildman–Crippen LogP) is 2.34. The summed E-state index contributed by atoms with van der Waals surface area (Å²) in [5.41, 5.74) is 1.41. The Balaban J connectivity index is 1.75. The summed E-state index contributed by atoms with van der Waals surface area (Å²) in [4.78, 5) is 28.6. The van der Waals surface area contributed by atoms with E-state index in [2.05, 4.69) is 10.3 Å². The van der Waals surface area contributed by atoms with Gasteiger partial charge in [-0.05, 0) is 24.3 Å². The number of nitrogens with one attached hydrogen (secondary N) is 1. The zero-order valence-electron chi connectivity index (χ0n) is 13.5. The van der Waals surface area contributed by atoms with Gasteiger partial charge in [0, 0.05) is 17.3 Å². The predicted molar refractivity (Wildman–Crippen MR) is 90.1 cm³/mol. The highest BCUT2D eigenvalue weighted by molar-refractivity contribution is 6.17. The first-order valence-corrected chi connectivity index (χ1v) is 7.80. The number of amides is 2. The number of aromatic nitrogens is 1. The molecule has 1 aliphatic rings. The van der Waals surface area contributed by atoms with Crippen molar-refractivity contribution in [2.45, 2.75) is 6.43 Å². The third-order valence-electron chi connectivity index (χ3n) is 3.79. The Morgan fingerprint density at radius 3 is 2.50 bits per heavy atom. The molecule has 0 spiro atoms. The van der Waals surface area contributed by atoms with Gasteiger partial charge in [-0.2, -0.15) is 0 Å². The molecule has 2 heterocycles. The maximum absolute atomic E-state index is 12.8. The van der Waals surface area contributed by atoms with Crippen LogP contribution in [-0.4, -0.2) is 40.0 Å². The van der Waals surface area contributed by atoms with Crippen molar-refractivity contribution in [2.75, 3.05) is 18.5 Å². The van der Waals surface area contributed by atoms with Crippen LogP contribution < -0.4 is 5.32 Å². The molecule has 0 bridgehead atoms. The number of alkyl halides is 2. The molecule has 134 valence electrons. The van der Waals surface area contributed by atoms with Crippen LogP contribution in [-0.2, 0) is 9.59 Å². The van der Waals surface area contributed by atoms with Gasteiger partial charge in [0.15, 0.2) is 0 Å². The van der Waals surface area contributed by atoms with Gasteiger partial charge < -0.3 is 10.4 Å². The number of anilines is 1. The molecule has 0 saturated heterocycles. The lowest BCUT2D eigenvalue weighted by atomic mass is 10.1. The van der Waals surface area contributed by atoms with E-state index in [0.717, 1.165) is 4.90 Å². The molecule has 2 N–H and O–H groups in total. The highest BCUT2D eigenvalue weighted by Gasteiger charge is 2.30. The van der Waals surface area contributed by atoms with Crippen molar-refractivity contribution in [2.24, 2.45) is 0 Å². The Kier molecular flexibility index (Phi) is 5.04. The van der Waals surface area contributed by atoms with Crippen molar-refractivity contribution in [3.8, 4) is 11.3 Å². The number of nitrogens with zero attached hydrogens (tertiary/aromatic N) is 2. The molecule has 26 heavy (non-hydrogen) atoms. The number of hydrogen-bond acceptors (Lipinski definition) is 5. The summed E-state index contributed by atoms with van der Waals surface area (Å²) in [7, 11) is 0. The number of aliphatic hydroxyl groups excluding tert-OH is 1. The summed E-state index contributed by atoms with van der Waals surface area (Å²) >= 11 is 0. The molecule has 2 aromatic rings. The number of hydrogen-bond donors (Lipinski definition) is 2. The SMILES string of the molecule is O=C1C=C(Nc2ccc(-c3cccc(C(F)F)n3)cc2)C(=O)N1CCO. The first-order valence-electron chi connectivity index (χ1n) is 7.80. The number of carbonyl (C=O) groups excluding carboxylic acids is 2. The van der Waals surface area contributed by atoms with Crippen LogP contribution in [0.1, 0.15) is 12.1 Å². The first-order chi connectivity index (χ1) is 12.5. The molecule has 8 heteroatoms. The Morgan fingerprint density at radius 1 is 1.12 bits per heavy atom. The smallest absolute Gasteiger partial charge is 0.280 e. The summed E-state index contributed by atoms with van der Waals surface area (Å²) in [6.07, 6.45) is -1.48. The van der Waals surface area contributed by atoms with E-state index < -0.39 is 18.2 Å². The lowest BCUT2D eigenvalue weighted by molar-refractivity contribution is -0.137. The molecule has 1 aromatic carbocycles. The Bertz CT molecular complexity index is 866. The van der Waals surface area contributed by atoms with Gasteiger partial charge in [0.05, 0.1) is 18.8 Å². The third-order valence-corrected chi connectivity index (χ3v) is 3.79. The van der Waals surface area contributed by atoms with Crippen LogP contribution in [0.25, 0.3) is 11.3 Å². The second kappa shape index (κ2) is 7.40. The average Bonchev–Trinajstić information content (AvgIpc) is 2.90. The number of rotatable bonds is 6. The second-order valence-electron chi connectivity index (χ2n) is 5.53. The molecular weight excluding hydrogens is 344 g/mol. The number of carbonyl (C=O) groups is 2.